The average Bonchev–Trinajstić information content (AvgIpc) is 2.90. The second-order valence-electron chi connectivity index (χ2n) is 6.35. The van der Waals surface area contributed by atoms with Crippen molar-refractivity contribution in [2.24, 2.45) is 0 Å². The second kappa shape index (κ2) is 6.06. The average molecular weight is 279 g/mol. The first kappa shape index (κ1) is 15.2. The molecule has 0 N–H and O–H groups in total. The number of ether oxygens (including phenoxy) is 2. The van der Waals surface area contributed by atoms with Crippen LogP contribution in [0.25, 0.3) is 0 Å². The Bertz CT molecular complexity index is 451. The molecule has 20 heavy (non-hydrogen) atoms. The first-order valence-corrected chi connectivity index (χ1v) is 7.10. The number of anilines is 1. The Morgan fingerprint density at radius 1 is 1.40 bits per heavy atom. The molecule has 1 aliphatic rings. The minimum atomic E-state index is -0.0779. The topological polar surface area (TPSA) is 47.5 Å². The van der Waals surface area contributed by atoms with Gasteiger partial charge in [0.25, 0.3) is 0 Å². The summed E-state index contributed by atoms with van der Waals surface area (Å²) < 4.78 is 10.7. The largest absolute Gasteiger partial charge is 0.379 e. The summed E-state index contributed by atoms with van der Waals surface area (Å²) in [7, 11) is 3.76. The maximum Gasteiger partial charge on any atom is 0.136 e. The lowest BCUT2D eigenvalue weighted by Crippen LogP contribution is -2.33. The molecule has 1 unspecified atom stereocenters. The van der Waals surface area contributed by atoms with Gasteiger partial charge in [0.1, 0.15) is 11.6 Å². The van der Waals surface area contributed by atoms with Gasteiger partial charge in [0.2, 0.25) is 0 Å². The molecule has 1 saturated heterocycles. The third-order valence-corrected chi connectivity index (χ3v) is 3.54. The first-order valence-electron chi connectivity index (χ1n) is 7.10. The molecule has 0 spiro atoms. The molecule has 5 nitrogen and oxygen atoms in total. The quantitative estimate of drug-likeness (QED) is 0.845. The smallest absolute Gasteiger partial charge is 0.136 e. The number of hydrogen-bond donors (Lipinski definition) is 0. The van der Waals surface area contributed by atoms with Gasteiger partial charge in [0, 0.05) is 32.2 Å². The zero-order valence-electron chi connectivity index (χ0n) is 13.1. The van der Waals surface area contributed by atoms with Crippen LogP contribution < -0.4 is 4.90 Å². The molecule has 5 heteroatoms. The molecular formula is C15H25N3O2. The van der Waals surface area contributed by atoms with Crippen molar-refractivity contribution in [3.63, 3.8) is 0 Å². The van der Waals surface area contributed by atoms with E-state index < -0.39 is 0 Å². The Hall–Kier alpha value is -1.20. The van der Waals surface area contributed by atoms with E-state index in [1.807, 2.05) is 6.07 Å². The van der Waals surface area contributed by atoms with Crippen LogP contribution >= 0.6 is 0 Å². The Morgan fingerprint density at radius 2 is 2.15 bits per heavy atom. The van der Waals surface area contributed by atoms with Gasteiger partial charge in [-0.1, -0.05) is 20.8 Å². The summed E-state index contributed by atoms with van der Waals surface area (Å²) in [6.45, 7) is 8.49. The highest BCUT2D eigenvalue weighted by Gasteiger charge is 2.24. The van der Waals surface area contributed by atoms with Crippen molar-refractivity contribution >= 4 is 5.82 Å². The van der Waals surface area contributed by atoms with Gasteiger partial charge < -0.3 is 14.4 Å². The van der Waals surface area contributed by atoms with Crippen LogP contribution in [0.3, 0.4) is 0 Å². The van der Waals surface area contributed by atoms with Gasteiger partial charge in [0.05, 0.1) is 24.9 Å². The molecule has 0 radical (unpaired) electrons. The molecule has 1 aromatic rings. The molecule has 1 atom stereocenters. The molecule has 0 amide bonds. The molecule has 1 fully saturated rings. The van der Waals surface area contributed by atoms with Gasteiger partial charge in [0.15, 0.2) is 0 Å². The molecule has 1 aliphatic heterocycles. The summed E-state index contributed by atoms with van der Waals surface area (Å²) in [5.74, 6) is 1.81. The number of aromatic nitrogens is 2. The number of hydrogen-bond acceptors (Lipinski definition) is 5. The van der Waals surface area contributed by atoms with E-state index in [4.69, 9.17) is 14.5 Å². The standard InChI is InChI=1S/C15H25N3O2/c1-15(2,3)14-16-11(9-19-5)8-13(17-14)18(4)12-6-7-20-10-12/h8,12H,6-7,9-10H2,1-5H3. The minimum absolute atomic E-state index is 0.0779. The lowest BCUT2D eigenvalue weighted by molar-refractivity contribution is 0.181. The highest BCUT2D eigenvalue weighted by atomic mass is 16.5. The summed E-state index contributed by atoms with van der Waals surface area (Å²) in [4.78, 5) is 11.5. The second-order valence-corrected chi connectivity index (χ2v) is 6.35. The maximum atomic E-state index is 5.47. The van der Waals surface area contributed by atoms with Gasteiger partial charge in [-0.3, -0.25) is 0 Å². The highest BCUT2D eigenvalue weighted by Crippen LogP contribution is 2.24. The number of likely N-dealkylation sites (N-methyl/N-ethyl adjacent to an activating group) is 1. The molecular weight excluding hydrogens is 254 g/mol. The summed E-state index contributed by atoms with van der Waals surface area (Å²) in [6.07, 6.45) is 1.05. The van der Waals surface area contributed by atoms with Gasteiger partial charge in [-0.2, -0.15) is 0 Å². The van der Waals surface area contributed by atoms with Crippen LogP contribution in [-0.4, -0.2) is 43.4 Å². The zero-order chi connectivity index (χ0) is 14.8. The lowest BCUT2D eigenvalue weighted by Gasteiger charge is -2.27. The van der Waals surface area contributed by atoms with Gasteiger partial charge in [-0.25, -0.2) is 9.97 Å². The molecule has 0 bridgehead atoms. The predicted molar refractivity (Wildman–Crippen MR) is 79.1 cm³/mol. The third-order valence-electron chi connectivity index (χ3n) is 3.54. The molecule has 0 aromatic carbocycles. The van der Waals surface area contributed by atoms with E-state index in [0.29, 0.717) is 12.6 Å². The van der Waals surface area contributed by atoms with Crippen LogP contribution in [0.1, 0.15) is 38.7 Å². The van der Waals surface area contributed by atoms with E-state index in [0.717, 1.165) is 37.0 Å². The van der Waals surface area contributed by atoms with E-state index in [-0.39, 0.29) is 5.41 Å². The SMILES string of the molecule is COCc1cc(N(C)C2CCOC2)nc(C(C)(C)C)n1. The fraction of sp³-hybridized carbons (Fsp3) is 0.733. The van der Waals surface area contributed by atoms with Crippen molar-refractivity contribution in [1.29, 1.82) is 0 Å². The van der Waals surface area contributed by atoms with E-state index in [9.17, 15) is 0 Å². The van der Waals surface area contributed by atoms with E-state index in [1.165, 1.54) is 0 Å². The zero-order valence-corrected chi connectivity index (χ0v) is 13.1. The molecule has 0 saturated carbocycles. The summed E-state index contributed by atoms with van der Waals surface area (Å²) in [6, 6.07) is 2.41. The minimum Gasteiger partial charge on any atom is -0.379 e. The van der Waals surface area contributed by atoms with Crippen LogP contribution in [0.5, 0.6) is 0 Å². The Morgan fingerprint density at radius 3 is 2.70 bits per heavy atom. The van der Waals surface area contributed by atoms with Crippen molar-refractivity contribution < 1.29 is 9.47 Å². The predicted octanol–water partition coefficient (Wildman–Crippen LogP) is 2.15. The monoisotopic (exact) mass is 279 g/mol. The van der Waals surface area contributed by atoms with Crippen LogP contribution in [0.15, 0.2) is 6.07 Å². The fourth-order valence-electron chi connectivity index (χ4n) is 2.24. The number of methoxy groups -OCH3 is 1. The fourth-order valence-corrected chi connectivity index (χ4v) is 2.24. The summed E-state index contributed by atoms with van der Waals surface area (Å²) in [5.41, 5.74) is 0.846. The third kappa shape index (κ3) is 3.46. The lowest BCUT2D eigenvalue weighted by atomic mass is 9.95. The van der Waals surface area contributed by atoms with E-state index >= 15 is 0 Å². The van der Waals surface area contributed by atoms with Crippen molar-refractivity contribution in [1.82, 2.24) is 9.97 Å². The molecule has 2 rings (SSSR count). The summed E-state index contributed by atoms with van der Waals surface area (Å²) in [5, 5.41) is 0. The Labute approximate surface area is 121 Å². The van der Waals surface area contributed by atoms with Crippen LogP contribution in [0.2, 0.25) is 0 Å². The first-order chi connectivity index (χ1) is 9.41. The maximum absolute atomic E-state index is 5.47. The molecule has 112 valence electrons. The van der Waals surface area contributed by atoms with Crippen molar-refractivity contribution in [3.05, 3.63) is 17.6 Å². The summed E-state index contributed by atoms with van der Waals surface area (Å²) >= 11 is 0. The van der Waals surface area contributed by atoms with Gasteiger partial charge in [-0.05, 0) is 6.42 Å². The van der Waals surface area contributed by atoms with Crippen molar-refractivity contribution in [2.45, 2.75) is 45.3 Å². The van der Waals surface area contributed by atoms with Crippen LogP contribution in [0.4, 0.5) is 5.82 Å². The normalized spacial score (nSPS) is 19.4. The van der Waals surface area contributed by atoms with Crippen molar-refractivity contribution in [3.8, 4) is 0 Å². The molecule has 1 aromatic heterocycles. The number of nitrogens with zero attached hydrogens (tertiary/aromatic N) is 3. The van der Waals surface area contributed by atoms with Gasteiger partial charge >= 0.3 is 0 Å². The number of rotatable bonds is 4. The van der Waals surface area contributed by atoms with Gasteiger partial charge in [-0.15, -0.1) is 0 Å². The Balaban J connectivity index is 2.32. The van der Waals surface area contributed by atoms with E-state index in [1.54, 1.807) is 7.11 Å². The van der Waals surface area contributed by atoms with Crippen LogP contribution in [0, 0.1) is 0 Å². The Kier molecular flexibility index (Phi) is 4.60. The van der Waals surface area contributed by atoms with Crippen LogP contribution in [-0.2, 0) is 21.5 Å². The molecule has 0 aliphatic carbocycles. The van der Waals surface area contributed by atoms with E-state index in [2.05, 4.69) is 37.7 Å². The highest BCUT2D eigenvalue weighted by molar-refractivity contribution is 5.41. The van der Waals surface area contributed by atoms with Crippen molar-refractivity contribution in [2.75, 3.05) is 32.3 Å². The molecule has 2 heterocycles.